The summed E-state index contributed by atoms with van der Waals surface area (Å²) in [6.45, 7) is 9.94. The number of aryl methyl sites for hydroxylation is 1. The second kappa shape index (κ2) is 12.7. The van der Waals surface area contributed by atoms with Crippen LogP contribution in [0.4, 0.5) is 10.5 Å². The van der Waals surface area contributed by atoms with Crippen LogP contribution >= 0.6 is 0 Å². The van der Waals surface area contributed by atoms with E-state index in [-0.39, 0.29) is 18.1 Å². The van der Waals surface area contributed by atoms with Gasteiger partial charge in [0, 0.05) is 18.7 Å². The zero-order valence-corrected chi connectivity index (χ0v) is 16.8. The Morgan fingerprint density at radius 1 is 1.11 bits per heavy atom. The highest BCUT2D eigenvalue weighted by Crippen LogP contribution is 2.10. The second-order valence-electron chi connectivity index (χ2n) is 7.01. The summed E-state index contributed by atoms with van der Waals surface area (Å²) >= 11 is 0. The first-order chi connectivity index (χ1) is 12.5. The minimum absolute atomic E-state index is 0.0406. The summed E-state index contributed by atoms with van der Waals surface area (Å²) in [5.74, 6) is -0.188. The van der Waals surface area contributed by atoms with E-state index in [4.69, 9.17) is 4.74 Å². The van der Waals surface area contributed by atoms with E-state index in [1.807, 2.05) is 6.92 Å². The van der Waals surface area contributed by atoms with Crippen LogP contribution in [0.15, 0.2) is 24.3 Å². The average molecular weight is 381 g/mol. The molecule has 27 heavy (non-hydrogen) atoms. The number of carbonyl (C=O) groups is 2. The van der Waals surface area contributed by atoms with E-state index in [0.717, 1.165) is 24.8 Å². The fourth-order valence-corrected chi connectivity index (χ4v) is 1.80. The molecule has 0 fully saturated rings. The number of nitro groups is 1. The molecule has 0 radical (unpaired) electrons. The molecule has 0 aromatic heterocycles. The molecule has 0 aliphatic carbocycles. The molecule has 0 saturated heterocycles. The maximum Gasteiger partial charge on any atom is 0.408 e. The first-order valence-electron chi connectivity index (χ1n) is 8.99. The largest absolute Gasteiger partial charge is 0.444 e. The normalized spacial score (nSPS) is 10.3. The zero-order valence-electron chi connectivity index (χ0n) is 16.8. The minimum Gasteiger partial charge on any atom is -0.444 e. The van der Waals surface area contributed by atoms with Crippen LogP contribution in [0.25, 0.3) is 0 Å². The Bertz CT molecular complexity index is 594. The third-order valence-corrected chi connectivity index (χ3v) is 3.14. The van der Waals surface area contributed by atoms with Crippen LogP contribution in [0.2, 0.25) is 0 Å². The molecule has 0 bridgehead atoms. The molecule has 8 nitrogen and oxygen atoms in total. The van der Waals surface area contributed by atoms with Crippen molar-refractivity contribution >= 4 is 17.7 Å². The summed E-state index contributed by atoms with van der Waals surface area (Å²) in [7, 11) is 0. The smallest absolute Gasteiger partial charge is 0.408 e. The monoisotopic (exact) mass is 381 g/mol. The van der Waals surface area contributed by atoms with E-state index in [1.54, 1.807) is 32.9 Å². The van der Waals surface area contributed by atoms with Crippen LogP contribution < -0.4 is 10.6 Å². The molecule has 0 heterocycles. The molecular weight excluding hydrogens is 350 g/mol. The van der Waals surface area contributed by atoms with E-state index < -0.39 is 16.6 Å². The van der Waals surface area contributed by atoms with Gasteiger partial charge in [0.05, 0.1) is 11.5 Å². The maximum absolute atomic E-state index is 11.3. The number of hydrogen-bond donors (Lipinski definition) is 2. The second-order valence-corrected chi connectivity index (χ2v) is 7.01. The molecule has 0 aliphatic heterocycles. The van der Waals surface area contributed by atoms with Gasteiger partial charge >= 0.3 is 6.09 Å². The molecule has 0 atom stereocenters. The van der Waals surface area contributed by atoms with Gasteiger partial charge in [0.2, 0.25) is 5.91 Å². The lowest BCUT2D eigenvalue weighted by Gasteiger charge is -2.19. The van der Waals surface area contributed by atoms with Gasteiger partial charge in [0.15, 0.2) is 0 Å². The summed E-state index contributed by atoms with van der Waals surface area (Å²) in [6, 6.07) is 6.43. The van der Waals surface area contributed by atoms with Crippen molar-refractivity contribution in [3.8, 4) is 0 Å². The molecular formula is C19H31N3O5. The number of nitro benzene ring substituents is 1. The molecule has 0 saturated carbocycles. The molecule has 0 spiro atoms. The summed E-state index contributed by atoms with van der Waals surface area (Å²) in [5.41, 5.74) is 0.637. The summed E-state index contributed by atoms with van der Waals surface area (Å²) < 4.78 is 5.00. The van der Waals surface area contributed by atoms with Crippen LogP contribution in [0.1, 0.15) is 52.5 Å². The third-order valence-electron chi connectivity index (χ3n) is 3.14. The van der Waals surface area contributed by atoms with Crippen LogP contribution in [0.5, 0.6) is 0 Å². The Labute approximate surface area is 160 Å². The topological polar surface area (TPSA) is 111 Å². The van der Waals surface area contributed by atoms with E-state index in [1.165, 1.54) is 12.1 Å². The number of unbranched alkanes of at least 4 members (excludes halogenated alkanes) is 2. The van der Waals surface area contributed by atoms with Crippen molar-refractivity contribution in [1.82, 2.24) is 10.6 Å². The number of nitrogens with one attached hydrogen (secondary N) is 2. The maximum atomic E-state index is 11.3. The number of rotatable bonds is 7. The van der Waals surface area contributed by atoms with Gasteiger partial charge in [0.1, 0.15) is 5.60 Å². The average Bonchev–Trinajstić information content (AvgIpc) is 2.56. The van der Waals surface area contributed by atoms with Gasteiger partial charge < -0.3 is 15.4 Å². The van der Waals surface area contributed by atoms with E-state index >= 15 is 0 Å². The van der Waals surface area contributed by atoms with Crippen LogP contribution in [0, 0.1) is 17.0 Å². The summed E-state index contributed by atoms with van der Waals surface area (Å²) in [4.78, 5) is 32.2. The quantitative estimate of drug-likeness (QED) is 0.425. The fourth-order valence-electron chi connectivity index (χ4n) is 1.80. The molecule has 8 heteroatoms. The minimum atomic E-state index is -0.568. The Morgan fingerprint density at radius 3 is 2.19 bits per heavy atom. The highest BCUT2D eigenvalue weighted by Gasteiger charge is 2.16. The molecule has 1 aromatic rings. The molecule has 152 valence electrons. The lowest BCUT2D eigenvalue weighted by Crippen LogP contribution is -2.39. The number of amides is 2. The number of hydrogen-bond acceptors (Lipinski definition) is 5. The van der Waals surface area contributed by atoms with Crippen molar-refractivity contribution in [2.45, 2.75) is 59.5 Å². The van der Waals surface area contributed by atoms with Crippen molar-refractivity contribution in [1.29, 1.82) is 0 Å². The van der Waals surface area contributed by atoms with Crippen molar-refractivity contribution < 1.29 is 19.2 Å². The molecule has 0 unspecified atom stereocenters. The standard InChI is InChI=1S/C12H24N2O3.C7H7NO2/c1-5-6-7-8-13-10(15)9-14-11(16)17-12(2,3)4;1-6-2-4-7(5-3-6)8(9)10/h5-9H2,1-4H3,(H,13,15)(H,14,16);2-5H,1H3. The van der Waals surface area contributed by atoms with Crippen molar-refractivity contribution in [2.75, 3.05) is 13.1 Å². The van der Waals surface area contributed by atoms with E-state index in [2.05, 4.69) is 17.6 Å². The molecule has 2 amide bonds. The Kier molecular flexibility index (Phi) is 11.4. The summed E-state index contributed by atoms with van der Waals surface area (Å²) in [5, 5.41) is 15.3. The number of alkyl carbamates (subject to hydrolysis) is 1. The van der Waals surface area contributed by atoms with Gasteiger partial charge in [-0.15, -0.1) is 0 Å². The van der Waals surface area contributed by atoms with Crippen molar-refractivity contribution in [2.24, 2.45) is 0 Å². The van der Waals surface area contributed by atoms with Crippen LogP contribution in [-0.2, 0) is 9.53 Å². The number of carbonyl (C=O) groups excluding carboxylic acids is 2. The van der Waals surface area contributed by atoms with Gasteiger partial charge in [0.25, 0.3) is 5.69 Å². The van der Waals surface area contributed by atoms with Gasteiger partial charge in [-0.25, -0.2) is 4.79 Å². The van der Waals surface area contributed by atoms with Gasteiger partial charge in [-0.3, -0.25) is 14.9 Å². The number of benzene rings is 1. The van der Waals surface area contributed by atoms with E-state index in [0.29, 0.717) is 6.54 Å². The predicted octanol–water partition coefficient (Wildman–Crippen LogP) is 3.72. The zero-order chi connectivity index (χ0) is 20.9. The van der Waals surface area contributed by atoms with Crippen LogP contribution in [0.3, 0.4) is 0 Å². The lowest BCUT2D eigenvalue weighted by atomic mass is 10.2. The Hall–Kier alpha value is -2.64. The third kappa shape index (κ3) is 14.2. The molecule has 0 aliphatic rings. The Balaban J connectivity index is 0.000000569. The highest BCUT2D eigenvalue weighted by molar-refractivity contribution is 5.82. The number of non-ortho nitro benzene ring substituents is 1. The van der Waals surface area contributed by atoms with Crippen molar-refractivity contribution in [3.63, 3.8) is 0 Å². The number of ether oxygens (including phenoxy) is 1. The predicted molar refractivity (Wildman–Crippen MR) is 105 cm³/mol. The SMILES string of the molecule is CCCCCNC(=O)CNC(=O)OC(C)(C)C.Cc1ccc([N+](=O)[O-])cc1. The van der Waals surface area contributed by atoms with Gasteiger partial charge in [-0.2, -0.15) is 0 Å². The lowest BCUT2D eigenvalue weighted by molar-refractivity contribution is -0.384. The first-order valence-corrected chi connectivity index (χ1v) is 8.99. The van der Waals surface area contributed by atoms with Crippen molar-refractivity contribution in [3.05, 3.63) is 39.9 Å². The molecule has 1 rings (SSSR count). The van der Waals surface area contributed by atoms with E-state index in [9.17, 15) is 19.7 Å². The number of nitrogens with zero attached hydrogens (tertiary/aromatic N) is 1. The van der Waals surface area contributed by atoms with Gasteiger partial charge in [-0.1, -0.05) is 37.5 Å². The Morgan fingerprint density at radius 2 is 1.70 bits per heavy atom. The molecule has 2 N–H and O–H groups in total. The van der Waals surface area contributed by atoms with Crippen LogP contribution in [-0.4, -0.2) is 35.6 Å². The fraction of sp³-hybridized carbons (Fsp3) is 0.579. The molecule has 1 aromatic carbocycles. The highest BCUT2D eigenvalue weighted by atomic mass is 16.6. The first kappa shape index (κ1) is 24.4. The van der Waals surface area contributed by atoms with Gasteiger partial charge in [-0.05, 0) is 34.1 Å². The summed E-state index contributed by atoms with van der Waals surface area (Å²) in [6.07, 6.45) is 2.61.